The molecule has 0 atom stereocenters. The van der Waals surface area contributed by atoms with Gasteiger partial charge in [-0.25, -0.2) is 0 Å². The number of rotatable bonds is 16. The molecule has 0 radical (unpaired) electrons. The molecule has 0 aliphatic carbocycles. The predicted octanol–water partition coefficient (Wildman–Crippen LogP) is 13.0. The average molecular weight is 991 g/mol. The van der Waals surface area contributed by atoms with E-state index in [0.717, 1.165) is 67.5 Å². The van der Waals surface area contributed by atoms with Crippen molar-refractivity contribution >= 4 is 75.2 Å². The Kier molecular flexibility index (Phi) is 12.2. The minimum Gasteiger partial charge on any atom is -0.365 e. The van der Waals surface area contributed by atoms with Crippen LogP contribution in [-0.2, 0) is 44.9 Å². The molecule has 10 aromatic rings. The van der Waals surface area contributed by atoms with Crippen LogP contribution < -0.4 is 0 Å². The minimum absolute atomic E-state index is 0.128. The van der Waals surface area contributed by atoms with Crippen molar-refractivity contribution in [2.24, 2.45) is 14.1 Å². The zero-order chi connectivity index (χ0) is 44.6. The summed E-state index contributed by atoms with van der Waals surface area (Å²) in [5.41, 5.74) is 11.9. The summed E-state index contributed by atoms with van der Waals surface area (Å²) in [7, 11) is 4.36. The van der Waals surface area contributed by atoms with Gasteiger partial charge in [0.2, 0.25) is 0 Å². The largest absolute Gasteiger partial charge is 0.365 e. The van der Waals surface area contributed by atoms with Crippen molar-refractivity contribution in [3.63, 3.8) is 0 Å². The zero-order valence-corrected chi connectivity index (χ0v) is 40.3. The van der Waals surface area contributed by atoms with E-state index in [1.807, 2.05) is 0 Å². The van der Waals surface area contributed by atoms with Crippen molar-refractivity contribution in [2.45, 2.75) is 78.4 Å². The lowest BCUT2D eigenvalue weighted by molar-refractivity contribution is 0.0936. The van der Waals surface area contributed by atoms with Gasteiger partial charge in [-0.2, -0.15) is 9.36 Å². The number of benzene rings is 6. The first kappa shape index (κ1) is 42.9. The Morgan fingerprint density at radius 2 is 0.954 bits per heavy atom. The Balaban J connectivity index is 0.921. The van der Waals surface area contributed by atoms with Crippen molar-refractivity contribution in [2.75, 3.05) is 0 Å². The number of hydrogen-bond acceptors (Lipinski definition) is 7. The van der Waals surface area contributed by atoms with Crippen LogP contribution in [0.1, 0.15) is 75.1 Å². The van der Waals surface area contributed by atoms with Crippen LogP contribution >= 0.6 is 31.9 Å². The number of unbranched alkanes of at least 4 members (excludes halogenated alkanes) is 4. The van der Waals surface area contributed by atoms with Gasteiger partial charge < -0.3 is 13.9 Å². The van der Waals surface area contributed by atoms with Crippen molar-refractivity contribution in [3.05, 3.63) is 141 Å². The van der Waals surface area contributed by atoms with Crippen molar-refractivity contribution in [1.29, 1.82) is 0 Å². The summed E-state index contributed by atoms with van der Waals surface area (Å²) in [5.74, 6) is 1.10. The highest BCUT2D eigenvalue weighted by molar-refractivity contribution is 9.11. The molecule has 0 unspecified atom stereocenters. The molecule has 65 heavy (non-hydrogen) atoms. The number of halogens is 2. The van der Waals surface area contributed by atoms with Gasteiger partial charge in [-0.05, 0) is 148 Å². The van der Waals surface area contributed by atoms with Crippen LogP contribution in [0.15, 0.2) is 118 Å². The van der Waals surface area contributed by atoms with Gasteiger partial charge in [0.15, 0.2) is 11.6 Å². The zero-order valence-electron chi connectivity index (χ0n) is 37.1. The molecule has 0 bridgehead atoms. The number of ether oxygens (including phenoxy) is 1. The lowest BCUT2D eigenvalue weighted by atomic mass is 9.97. The standard InChI is InChI=1S/C52H50Br2N10O/c1-5-7-9-17-41-39-15-11-13-19-45(39)61(3)49(41)35-21-25-37-33(29-35)23-27-43(53)51(37)63-47(55-57-59-63)31-65-32-48-56-58-60-64(48)52-38-26-22-36(30-34(38)24-28-44(52)54)50-42(18-10-8-6-2)40-16-12-14-20-46(40)62(50)4/h11-16,19-30H,5-10,17-18,31-32H2,1-4H3. The summed E-state index contributed by atoms with van der Waals surface area (Å²) in [6.07, 6.45) is 9.21. The van der Waals surface area contributed by atoms with Gasteiger partial charge in [0.1, 0.15) is 13.2 Å². The number of nitrogens with zero attached hydrogens (tertiary/aromatic N) is 10. The fourth-order valence-corrected chi connectivity index (χ4v) is 10.8. The molecule has 0 amide bonds. The van der Waals surface area contributed by atoms with Crippen LogP contribution in [0, 0.1) is 0 Å². The van der Waals surface area contributed by atoms with Crippen LogP contribution in [0.2, 0.25) is 0 Å². The van der Waals surface area contributed by atoms with Gasteiger partial charge >= 0.3 is 0 Å². The Labute approximate surface area is 394 Å². The van der Waals surface area contributed by atoms with Crippen molar-refractivity contribution in [1.82, 2.24) is 49.5 Å². The molecule has 13 heteroatoms. The first-order chi connectivity index (χ1) is 31.9. The minimum atomic E-state index is 0.128. The second kappa shape index (κ2) is 18.5. The molecule has 4 aromatic heterocycles. The SMILES string of the molecule is CCCCCc1c(-c2ccc3c(-n4nnnc4COCc4nnnn4-c4c(Br)ccc5cc(-c6c(CCCCC)c7ccccc7n6C)ccc45)c(Br)ccc3c2)n(C)c2ccccc12. The quantitative estimate of drug-likeness (QED) is 0.0888. The van der Waals surface area contributed by atoms with E-state index in [2.05, 4.69) is 209 Å². The summed E-state index contributed by atoms with van der Waals surface area (Å²) < 4.78 is 16.3. The third kappa shape index (κ3) is 7.87. The number of hydrogen-bond donors (Lipinski definition) is 0. The van der Waals surface area contributed by atoms with E-state index in [0.29, 0.717) is 11.6 Å². The number of para-hydroxylation sites is 2. The van der Waals surface area contributed by atoms with Gasteiger partial charge in [0, 0.05) is 55.6 Å². The highest BCUT2D eigenvalue weighted by Crippen LogP contribution is 2.40. The maximum Gasteiger partial charge on any atom is 0.182 e. The second-order valence-electron chi connectivity index (χ2n) is 16.9. The molecular weight excluding hydrogens is 940 g/mol. The molecule has 11 nitrogen and oxygen atoms in total. The predicted molar refractivity (Wildman–Crippen MR) is 267 cm³/mol. The molecule has 10 rings (SSSR count). The second-order valence-corrected chi connectivity index (χ2v) is 18.6. The molecule has 0 aliphatic heterocycles. The van der Waals surface area contributed by atoms with Crippen LogP contribution in [0.5, 0.6) is 0 Å². The fraction of sp³-hybridized carbons (Fsp3) is 0.269. The van der Waals surface area contributed by atoms with Gasteiger partial charge in [-0.15, -0.1) is 10.2 Å². The Hall–Kier alpha value is -6.02. The first-order valence-electron chi connectivity index (χ1n) is 22.6. The van der Waals surface area contributed by atoms with Gasteiger partial charge in [0.25, 0.3) is 0 Å². The maximum atomic E-state index is 6.33. The van der Waals surface area contributed by atoms with E-state index >= 15 is 0 Å². The molecular formula is C52H50Br2N10O. The van der Waals surface area contributed by atoms with Crippen molar-refractivity contribution < 1.29 is 4.74 Å². The lowest BCUT2D eigenvalue weighted by Gasteiger charge is -2.14. The molecule has 0 spiro atoms. The van der Waals surface area contributed by atoms with Crippen LogP contribution in [0.3, 0.4) is 0 Å². The summed E-state index contributed by atoms with van der Waals surface area (Å²) in [4.78, 5) is 0. The fourth-order valence-electron chi connectivity index (χ4n) is 9.76. The molecule has 0 saturated heterocycles. The molecule has 0 aliphatic rings. The Morgan fingerprint density at radius 1 is 0.508 bits per heavy atom. The summed E-state index contributed by atoms with van der Waals surface area (Å²) >= 11 is 7.66. The smallest absolute Gasteiger partial charge is 0.182 e. The molecule has 6 aromatic carbocycles. The van der Waals surface area contributed by atoms with Crippen LogP contribution in [0.4, 0.5) is 0 Å². The van der Waals surface area contributed by atoms with E-state index in [4.69, 9.17) is 4.74 Å². The Morgan fingerprint density at radius 3 is 1.40 bits per heavy atom. The Bertz CT molecular complexity index is 3140. The number of aromatic nitrogens is 10. The van der Waals surface area contributed by atoms with E-state index < -0.39 is 0 Å². The van der Waals surface area contributed by atoms with Gasteiger partial charge in [-0.3, -0.25) is 0 Å². The number of aryl methyl sites for hydroxylation is 4. The first-order valence-corrected chi connectivity index (χ1v) is 24.2. The monoisotopic (exact) mass is 988 g/mol. The van der Waals surface area contributed by atoms with E-state index in [1.165, 1.54) is 81.1 Å². The van der Waals surface area contributed by atoms with Gasteiger partial charge in [0.05, 0.1) is 22.8 Å². The maximum absolute atomic E-state index is 6.33. The number of tetrazole rings is 2. The van der Waals surface area contributed by atoms with Gasteiger partial charge in [-0.1, -0.05) is 112 Å². The normalized spacial score (nSPS) is 11.9. The molecule has 4 heterocycles. The average Bonchev–Trinajstić information content (AvgIpc) is 4.11. The third-order valence-electron chi connectivity index (χ3n) is 12.9. The van der Waals surface area contributed by atoms with Crippen LogP contribution in [-0.4, -0.2) is 49.5 Å². The highest BCUT2D eigenvalue weighted by atomic mass is 79.9. The highest BCUT2D eigenvalue weighted by Gasteiger charge is 2.22. The van der Waals surface area contributed by atoms with E-state index in [-0.39, 0.29) is 13.2 Å². The molecule has 0 N–H and O–H groups in total. The third-order valence-corrected chi connectivity index (χ3v) is 14.1. The van der Waals surface area contributed by atoms with E-state index in [1.54, 1.807) is 9.36 Å². The van der Waals surface area contributed by atoms with E-state index in [9.17, 15) is 0 Å². The van der Waals surface area contributed by atoms with Crippen molar-refractivity contribution in [3.8, 4) is 33.9 Å². The summed E-state index contributed by atoms with van der Waals surface area (Å²) in [6, 6.07) is 39.3. The van der Waals surface area contributed by atoms with Crippen LogP contribution in [0.25, 0.3) is 77.2 Å². The summed E-state index contributed by atoms with van der Waals surface area (Å²) in [5, 5.41) is 32.8. The summed E-state index contributed by atoms with van der Waals surface area (Å²) in [6.45, 7) is 4.77. The lowest BCUT2D eigenvalue weighted by Crippen LogP contribution is -2.10. The molecule has 0 saturated carbocycles. The molecule has 0 fully saturated rings. The molecule has 328 valence electrons. The number of fused-ring (bicyclic) bond motifs is 4. The topological polar surface area (TPSA) is 106 Å².